The minimum atomic E-state index is -0.468. The molecule has 0 spiro atoms. The number of para-hydroxylation sites is 1. The molecule has 0 saturated carbocycles. The summed E-state index contributed by atoms with van der Waals surface area (Å²) in [5.41, 5.74) is 0.487. The lowest BCUT2D eigenvalue weighted by molar-refractivity contribution is 0.101. The molecule has 18 heavy (non-hydrogen) atoms. The number of carbonyl (C=O) groups is 1. The Morgan fingerprint density at radius 3 is 2.50 bits per heavy atom. The van der Waals surface area contributed by atoms with Crippen molar-refractivity contribution in [2.75, 3.05) is 0 Å². The summed E-state index contributed by atoms with van der Waals surface area (Å²) in [5.74, 6) is -0.153. The van der Waals surface area contributed by atoms with Gasteiger partial charge in [-0.2, -0.15) is 0 Å². The molecule has 0 aromatic heterocycles. The third kappa shape index (κ3) is 2.68. The number of hydrogen-bond acceptors (Lipinski definition) is 2. The molecule has 92 valence electrons. The first-order chi connectivity index (χ1) is 8.58. The molecule has 0 aliphatic heterocycles. The van der Waals surface area contributed by atoms with Gasteiger partial charge in [-0.15, -0.1) is 0 Å². The van der Waals surface area contributed by atoms with Gasteiger partial charge in [0.1, 0.15) is 5.75 Å². The first kappa shape index (κ1) is 12.6. The van der Waals surface area contributed by atoms with E-state index in [4.69, 9.17) is 16.3 Å². The van der Waals surface area contributed by atoms with Crippen molar-refractivity contribution in [1.29, 1.82) is 0 Å². The topological polar surface area (TPSA) is 26.3 Å². The van der Waals surface area contributed by atoms with Gasteiger partial charge < -0.3 is 4.74 Å². The molecule has 2 aromatic rings. The highest BCUT2D eigenvalue weighted by molar-refractivity contribution is 6.32. The highest BCUT2D eigenvalue weighted by Gasteiger charge is 2.09. The van der Waals surface area contributed by atoms with Gasteiger partial charge in [0.25, 0.3) is 0 Å². The van der Waals surface area contributed by atoms with Crippen molar-refractivity contribution in [1.82, 2.24) is 0 Å². The molecule has 0 amide bonds. The zero-order valence-corrected chi connectivity index (χ0v) is 10.4. The van der Waals surface area contributed by atoms with E-state index in [9.17, 15) is 9.18 Å². The molecule has 4 heteroatoms. The van der Waals surface area contributed by atoms with E-state index in [1.165, 1.54) is 25.1 Å². The van der Waals surface area contributed by atoms with Crippen molar-refractivity contribution >= 4 is 17.4 Å². The molecule has 0 aliphatic rings. The Labute approximate surface area is 109 Å². The molecule has 0 fully saturated rings. The molecule has 0 saturated heterocycles. The number of hydrogen-bond donors (Lipinski definition) is 0. The molecule has 0 radical (unpaired) electrons. The van der Waals surface area contributed by atoms with Crippen LogP contribution in [0.15, 0.2) is 42.5 Å². The lowest BCUT2D eigenvalue weighted by Crippen LogP contribution is -1.93. The third-order valence-electron chi connectivity index (χ3n) is 2.39. The molecule has 2 rings (SSSR count). The number of benzene rings is 2. The van der Waals surface area contributed by atoms with Crippen molar-refractivity contribution < 1.29 is 13.9 Å². The predicted octanol–water partition coefficient (Wildman–Crippen LogP) is 4.47. The first-order valence-electron chi connectivity index (χ1n) is 5.31. The highest BCUT2D eigenvalue weighted by atomic mass is 35.5. The van der Waals surface area contributed by atoms with Gasteiger partial charge in [0, 0.05) is 5.56 Å². The van der Waals surface area contributed by atoms with E-state index in [1.54, 1.807) is 24.3 Å². The fourth-order valence-corrected chi connectivity index (χ4v) is 1.67. The van der Waals surface area contributed by atoms with E-state index >= 15 is 0 Å². The summed E-state index contributed by atoms with van der Waals surface area (Å²) in [6.07, 6.45) is 0. The van der Waals surface area contributed by atoms with E-state index in [2.05, 4.69) is 0 Å². The van der Waals surface area contributed by atoms with E-state index in [0.29, 0.717) is 11.3 Å². The van der Waals surface area contributed by atoms with E-state index in [0.717, 1.165) is 0 Å². The van der Waals surface area contributed by atoms with Crippen molar-refractivity contribution in [2.24, 2.45) is 0 Å². The Morgan fingerprint density at radius 1 is 1.17 bits per heavy atom. The fraction of sp³-hybridized carbons (Fsp3) is 0.0714. The molecule has 0 unspecified atom stereocenters. The number of Topliss-reactive ketones (excluding diaryl/α,β-unsaturated/α-hetero) is 1. The van der Waals surface area contributed by atoms with Gasteiger partial charge in [-0.3, -0.25) is 4.79 Å². The minimum absolute atomic E-state index is 0.0886. The van der Waals surface area contributed by atoms with Crippen LogP contribution < -0.4 is 4.74 Å². The van der Waals surface area contributed by atoms with Crippen molar-refractivity contribution in [3.05, 3.63) is 58.9 Å². The maximum atomic E-state index is 13.4. The second kappa shape index (κ2) is 5.19. The zero-order valence-electron chi connectivity index (χ0n) is 9.61. The smallest absolute Gasteiger partial charge is 0.165 e. The molecular weight excluding hydrogens is 255 g/mol. The quantitative estimate of drug-likeness (QED) is 0.765. The van der Waals surface area contributed by atoms with E-state index in [1.807, 2.05) is 0 Å². The lowest BCUT2D eigenvalue weighted by atomic mass is 10.1. The molecular formula is C14H10ClFO2. The molecule has 0 atom stereocenters. The molecule has 0 bridgehead atoms. The minimum Gasteiger partial charge on any atom is -0.453 e. The zero-order chi connectivity index (χ0) is 13.1. The molecule has 0 heterocycles. The molecule has 0 N–H and O–H groups in total. The van der Waals surface area contributed by atoms with Crippen LogP contribution in [-0.2, 0) is 0 Å². The summed E-state index contributed by atoms with van der Waals surface area (Å²) in [5, 5.41) is 0.269. The van der Waals surface area contributed by atoms with Gasteiger partial charge in [-0.05, 0) is 37.3 Å². The average molecular weight is 265 g/mol. The normalized spacial score (nSPS) is 10.2. The van der Waals surface area contributed by atoms with Crippen molar-refractivity contribution in [2.45, 2.75) is 6.92 Å². The molecule has 0 aliphatic carbocycles. The molecule has 2 nitrogen and oxygen atoms in total. The van der Waals surface area contributed by atoms with Crippen LogP contribution in [0.25, 0.3) is 0 Å². The van der Waals surface area contributed by atoms with Crippen molar-refractivity contribution in [3.63, 3.8) is 0 Å². The van der Waals surface area contributed by atoms with E-state index in [-0.39, 0.29) is 16.6 Å². The summed E-state index contributed by atoms with van der Waals surface area (Å²) < 4.78 is 18.7. The van der Waals surface area contributed by atoms with Crippen LogP contribution in [0.1, 0.15) is 17.3 Å². The highest BCUT2D eigenvalue weighted by Crippen LogP contribution is 2.31. The number of halogens is 2. The number of carbonyl (C=O) groups excluding carboxylic acids is 1. The van der Waals surface area contributed by atoms with Crippen LogP contribution >= 0.6 is 11.6 Å². The Bertz CT molecular complexity index is 596. The Balaban J connectivity index is 2.30. The van der Waals surface area contributed by atoms with Gasteiger partial charge >= 0.3 is 0 Å². The van der Waals surface area contributed by atoms with Crippen LogP contribution in [0.2, 0.25) is 5.02 Å². The standard InChI is InChI=1S/C14H10ClFO2/c1-9(17)10-6-7-13(11(15)8-10)18-14-5-3-2-4-12(14)16/h2-8H,1H3. The summed E-state index contributed by atoms with van der Waals surface area (Å²) >= 11 is 5.98. The summed E-state index contributed by atoms with van der Waals surface area (Å²) in [4.78, 5) is 11.2. The van der Waals surface area contributed by atoms with Gasteiger partial charge in [0.05, 0.1) is 5.02 Å². The Hall–Kier alpha value is -1.87. The lowest BCUT2D eigenvalue weighted by Gasteiger charge is -2.08. The summed E-state index contributed by atoms with van der Waals surface area (Å²) in [6, 6.07) is 10.7. The van der Waals surface area contributed by atoms with E-state index < -0.39 is 5.82 Å². The Morgan fingerprint density at radius 2 is 1.89 bits per heavy atom. The van der Waals surface area contributed by atoms with Gasteiger partial charge in [-0.25, -0.2) is 4.39 Å². The number of ketones is 1. The van der Waals surface area contributed by atoms with Crippen LogP contribution in [0, 0.1) is 5.82 Å². The van der Waals surface area contributed by atoms with Crippen molar-refractivity contribution in [3.8, 4) is 11.5 Å². The largest absolute Gasteiger partial charge is 0.453 e. The number of ether oxygens (including phenoxy) is 1. The van der Waals surface area contributed by atoms with Crippen LogP contribution in [0.3, 0.4) is 0 Å². The maximum absolute atomic E-state index is 13.4. The van der Waals surface area contributed by atoms with Gasteiger partial charge in [0.2, 0.25) is 0 Å². The fourth-order valence-electron chi connectivity index (χ4n) is 1.45. The van der Waals surface area contributed by atoms with Crippen LogP contribution in [0.4, 0.5) is 4.39 Å². The van der Waals surface area contributed by atoms with Gasteiger partial charge in [-0.1, -0.05) is 23.7 Å². The average Bonchev–Trinajstić information content (AvgIpc) is 2.34. The summed E-state index contributed by atoms with van der Waals surface area (Å²) in [6.45, 7) is 1.45. The second-order valence-electron chi connectivity index (χ2n) is 3.73. The van der Waals surface area contributed by atoms with Gasteiger partial charge in [0.15, 0.2) is 17.3 Å². The monoisotopic (exact) mass is 264 g/mol. The van der Waals surface area contributed by atoms with Crippen LogP contribution in [0.5, 0.6) is 11.5 Å². The van der Waals surface area contributed by atoms with Crippen LogP contribution in [-0.4, -0.2) is 5.78 Å². The third-order valence-corrected chi connectivity index (χ3v) is 2.69. The molecule has 2 aromatic carbocycles. The second-order valence-corrected chi connectivity index (χ2v) is 4.14. The first-order valence-corrected chi connectivity index (χ1v) is 5.68. The predicted molar refractivity (Wildman–Crippen MR) is 67.9 cm³/mol. The Kier molecular flexibility index (Phi) is 3.63. The SMILES string of the molecule is CC(=O)c1ccc(Oc2ccccc2F)c(Cl)c1. The number of rotatable bonds is 3. The summed E-state index contributed by atoms with van der Waals surface area (Å²) in [7, 11) is 0. The maximum Gasteiger partial charge on any atom is 0.165 e.